The van der Waals surface area contributed by atoms with Crippen molar-refractivity contribution in [2.45, 2.75) is 82.5 Å². The van der Waals surface area contributed by atoms with Gasteiger partial charge in [-0.25, -0.2) is 0 Å². The first-order valence-electron chi connectivity index (χ1n) is 10.1. The monoisotopic (exact) mass is 369 g/mol. The van der Waals surface area contributed by atoms with Crippen LogP contribution in [0.3, 0.4) is 0 Å². The minimum Gasteiger partial charge on any atom is -0.493 e. The van der Waals surface area contributed by atoms with E-state index < -0.39 is 11.7 Å². The molecule has 2 fully saturated rings. The molecule has 0 heterocycles. The zero-order chi connectivity index (χ0) is 18.4. The Kier molecular flexibility index (Phi) is 6.85. The van der Waals surface area contributed by atoms with E-state index in [-0.39, 0.29) is 0 Å². The molecule has 1 aromatic carbocycles. The van der Waals surface area contributed by atoms with E-state index in [1.807, 2.05) is 0 Å². The smallest absolute Gasteiger partial charge is 0.416 e. The van der Waals surface area contributed by atoms with Gasteiger partial charge in [0.05, 0.1) is 12.2 Å². The third-order valence-electron chi connectivity index (χ3n) is 5.84. The zero-order valence-corrected chi connectivity index (χ0v) is 15.4. The van der Waals surface area contributed by atoms with Gasteiger partial charge in [0.15, 0.2) is 0 Å². The van der Waals surface area contributed by atoms with Gasteiger partial charge in [0.2, 0.25) is 0 Å². The lowest BCUT2D eigenvalue weighted by Gasteiger charge is -2.32. The normalized spacial score (nSPS) is 25.7. The van der Waals surface area contributed by atoms with Gasteiger partial charge >= 0.3 is 6.18 Å². The maximum absolute atomic E-state index is 12.6. The molecule has 0 saturated heterocycles. The molecular formula is C21H30F3NO. The summed E-state index contributed by atoms with van der Waals surface area (Å²) in [5, 5.41) is 3.87. The minimum atomic E-state index is -4.29. The van der Waals surface area contributed by atoms with Crippen molar-refractivity contribution < 1.29 is 17.9 Å². The molecule has 1 aromatic rings. The van der Waals surface area contributed by atoms with Gasteiger partial charge in [0.1, 0.15) is 5.75 Å². The molecule has 2 aliphatic carbocycles. The van der Waals surface area contributed by atoms with Crippen LogP contribution in [0.15, 0.2) is 24.3 Å². The molecule has 0 amide bonds. The van der Waals surface area contributed by atoms with Crippen LogP contribution in [0.25, 0.3) is 0 Å². The van der Waals surface area contributed by atoms with Crippen LogP contribution in [0, 0.1) is 5.92 Å². The summed E-state index contributed by atoms with van der Waals surface area (Å²) >= 11 is 0. The van der Waals surface area contributed by atoms with Gasteiger partial charge in [-0.05, 0) is 68.7 Å². The summed E-state index contributed by atoms with van der Waals surface area (Å²) in [4.78, 5) is 0. The third kappa shape index (κ3) is 5.90. The summed E-state index contributed by atoms with van der Waals surface area (Å²) in [6.07, 6.45) is 8.43. The number of alkyl halides is 3. The van der Waals surface area contributed by atoms with Crippen LogP contribution in [0.5, 0.6) is 5.75 Å². The van der Waals surface area contributed by atoms with Gasteiger partial charge < -0.3 is 10.1 Å². The Bertz CT molecular complexity index is 527. The SMILES string of the molecule is FC(F)(F)c1ccc(OCC2CCC(NC3CCCCCC3)CC2)cc1. The second-order valence-corrected chi connectivity index (χ2v) is 7.91. The average Bonchev–Trinajstić information content (AvgIpc) is 2.89. The lowest BCUT2D eigenvalue weighted by Crippen LogP contribution is -2.40. The van der Waals surface area contributed by atoms with Crippen molar-refractivity contribution >= 4 is 0 Å². The molecule has 1 N–H and O–H groups in total. The van der Waals surface area contributed by atoms with Gasteiger partial charge in [-0.1, -0.05) is 25.7 Å². The quantitative estimate of drug-likeness (QED) is 0.647. The number of hydrogen-bond acceptors (Lipinski definition) is 2. The molecule has 0 unspecified atom stereocenters. The number of halogens is 3. The standard InChI is InChI=1S/C21H30F3NO/c22-21(23,24)17-9-13-20(14-10-17)26-15-16-7-11-19(12-8-16)25-18-5-3-1-2-4-6-18/h9-10,13-14,16,18-19,25H,1-8,11-12,15H2. The third-order valence-corrected chi connectivity index (χ3v) is 5.84. The van der Waals surface area contributed by atoms with Crippen LogP contribution in [0.4, 0.5) is 13.2 Å². The number of rotatable bonds is 5. The van der Waals surface area contributed by atoms with Crippen LogP contribution in [-0.2, 0) is 6.18 Å². The zero-order valence-electron chi connectivity index (χ0n) is 15.4. The van der Waals surface area contributed by atoms with Gasteiger partial charge in [0.25, 0.3) is 0 Å². The lowest BCUT2D eigenvalue weighted by atomic mass is 9.86. The molecule has 0 aromatic heterocycles. The molecule has 146 valence electrons. The Balaban J connectivity index is 1.37. The highest BCUT2D eigenvalue weighted by Crippen LogP contribution is 2.31. The van der Waals surface area contributed by atoms with E-state index >= 15 is 0 Å². The first-order valence-corrected chi connectivity index (χ1v) is 10.1. The summed E-state index contributed by atoms with van der Waals surface area (Å²) in [7, 11) is 0. The van der Waals surface area contributed by atoms with Crippen molar-refractivity contribution in [1.82, 2.24) is 5.32 Å². The van der Waals surface area contributed by atoms with Crippen molar-refractivity contribution in [3.63, 3.8) is 0 Å². The minimum absolute atomic E-state index is 0.504. The number of benzene rings is 1. The molecule has 2 saturated carbocycles. The van der Waals surface area contributed by atoms with E-state index in [0.717, 1.165) is 25.0 Å². The Morgan fingerprint density at radius 3 is 1.96 bits per heavy atom. The van der Waals surface area contributed by atoms with E-state index in [2.05, 4.69) is 5.32 Å². The van der Waals surface area contributed by atoms with Crippen molar-refractivity contribution in [1.29, 1.82) is 0 Å². The number of hydrogen-bond donors (Lipinski definition) is 1. The van der Waals surface area contributed by atoms with E-state index in [1.54, 1.807) is 0 Å². The Morgan fingerprint density at radius 1 is 0.808 bits per heavy atom. The van der Waals surface area contributed by atoms with E-state index in [0.29, 0.717) is 30.4 Å². The summed E-state index contributed by atoms with van der Waals surface area (Å²) in [6, 6.07) is 6.33. The molecule has 0 bridgehead atoms. The van der Waals surface area contributed by atoms with E-state index in [4.69, 9.17) is 4.74 Å². The highest BCUT2D eigenvalue weighted by molar-refractivity contribution is 5.28. The van der Waals surface area contributed by atoms with Gasteiger partial charge in [-0.15, -0.1) is 0 Å². The molecule has 0 radical (unpaired) electrons. The first-order chi connectivity index (χ1) is 12.5. The molecule has 0 aliphatic heterocycles. The van der Waals surface area contributed by atoms with Crippen molar-refractivity contribution in [2.75, 3.05) is 6.61 Å². The van der Waals surface area contributed by atoms with Gasteiger partial charge in [0, 0.05) is 12.1 Å². The average molecular weight is 369 g/mol. The summed E-state index contributed by atoms with van der Waals surface area (Å²) < 4.78 is 43.5. The van der Waals surface area contributed by atoms with Crippen molar-refractivity contribution in [2.24, 2.45) is 5.92 Å². The van der Waals surface area contributed by atoms with Crippen LogP contribution in [-0.4, -0.2) is 18.7 Å². The van der Waals surface area contributed by atoms with E-state index in [9.17, 15) is 13.2 Å². The maximum atomic E-state index is 12.6. The second kappa shape index (κ2) is 9.12. The predicted molar refractivity (Wildman–Crippen MR) is 97.3 cm³/mol. The van der Waals surface area contributed by atoms with Crippen LogP contribution >= 0.6 is 0 Å². The molecule has 3 rings (SSSR count). The highest BCUT2D eigenvalue weighted by Gasteiger charge is 2.30. The molecule has 0 spiro atoms. The second-order valence-electron chi connectivity index (χ2n) is 7.91. The predicted octanol–water partition coefficient (Wildman–Crippen LogP) is 5.96. The molecule has 2 nitrogen and oxygen atoms in total. The fourth-order valence-electron chi connectivity index (χ4n) is 4.23. The largest absolute Gasteiger partial charge is 0.493 e. The van der Waals surface area contributed by atoms with Crippen molar-refractivity contribution in [3.8, 4) is 5.75 Å². The molecule has 0 atom stereocenters. The van der Waals surface area contributed by atoms with Crippen LogP contribution in [0.2, 0.25) is 0 Å². The Hall–Kier alpha value is -1.23. The van der Waals surface area contributed by atoms with Crippen LogP contribution < -0.4 is 10.1 Å². The van der Waals surface area contributed by atoms with E-state index in [1.165, 1.54) is 63.5 Å². The number of nitrogens with one attached hydrogen (secondary N) is 1. The van der Waals surface area contributed by atoms with Gasteiger partial charge in [-0.3, -0.25) is 0 Å². The Labute approximate surface area is 154 Å². The fraction of sp³-hybridized carbons (Fsp3) is 0.714. The summed E-state index contributed by atoms with van der Waals surface area (Å²) in [5.74, 6) is 1.03. The molecule has 5 heteroatoms. The van der Waals surface area contributed by atoms with Crippen molar-refractivity contribution in [3.05, 3.63) is 29.8 Å². The number of ether oxygens (including phenoxy) is 1. The first kappa shape index (κ1) is 19.5. The van der Waals surface area contributed by atoms with Crippen LogP contribution in [0.1, 0.15) is 69.8 Å². The molecule has 2 aliphatic rings. The summed E-state index contributed by atoms with van der Waals surface area (Å²) in [5.41, 5.74) is -0.630. The highest BCUT2D eigenvalue weighted by atomic mass is 19.4. The maximum Gasteiger partial charge on any atom is 0.416 e. The topological polar surface area (TPSA) is 21.3 Å². The fourth-order valence-corrected chi connectivity index (χ4v) is 4.23. The Morgan fingerprint density at radius 2 is 1.38 bits per heavy atom. The molecule has 26 heavy (non-hydrogen) atoms. The summed E-state index contributed by atoms with van der Waals surface area (Å²) in [6.45, 7) is 0.599. The van der Waals surface area contributed by atoms with Gasteiger partial charge in [-0.2, -0.15) is 13.2 Å². The molecular weight excluding hydrogens is 339 g/mol. The lowest BCUT2D eigenvalue weighted by molar-refractivity contribution is -0.137.